The molecule has 0 unspecified atom stereocenters. The van der Waals surface area contributed by atoms with Crippen LogP contribution in [0.4, 0.5) is 11.5 Å². The molecule has 146 valence electrons. The van der Waals surface area contributed by atoms with Gasteiger partial charge in [-0.05, 0) is 38.4 Å². The number of nitrogens with one attached hydrogen (secondary N) is 2. The molecule has 2 aromatic carbocycles. The summed E-state index contributed by atoms with van der Waals surface area (Å²) >= 11 is 0. The van der Waals surface area contributed by atoms with E-state index in [0.29, 0.717) is 23.8 Å². The third kappa shape index (κ3) is 5.61. The Kier molecular flexibility index (Phi) is 6.51. The number of nitriles is 1. The number of carbonyl (C=O) groups excluding carboxylic acids is 1. The van der Waals surface area contributed by atoms with Crippen molar-refractivity contribution in [3.8, 4) is 17.5 Å². The Hall–Kier alpha value is -3.76. The van der Waals surface area contributed by atoms with E-state index in [-0.39, 0.29) is 11.6 Å². The Morgan fingerprint density at radius 1 is 1.07 bits per heavy atom. The number of aromatic nitrogens is 2. The Morgan fingerprint density at radius 3 is 2.45 bits per heavy atom. The van der Waals surface area contributed by atoms with Crippen LogP contribution in [0.1, 0.15) is 16.1 Å². The van der Waals surface area contributed by atoms with Crippen LogP contribution < -0.4 is 10.6 Å². The lowest BCUT2D eigenvalue weighted by Gasteiger charge is -2.12. The highest BCUT2D eigenvalue weighted by Crippen LogP contribution is 2.21. The molecule has 3 rings (SSSR count). The number of hydrogen-bond donors (Lipinski definition) is 2. The van der Waals surface area contributed by atoms with Gasteiger partial charge in [-0.2, -0.15) is 5.26 Å². The largest absolute Gasteiger partial charge is 0.349 e. The van der Waals surface area contributed by atoms with Gasteiger partial charge in [0.05, 0.1) is 11.6 Å². The number of amides is 1. The molecule has 0 bridgehead atoms. The molecule has 0 fully saturated rings. The number of anilines is 2. The second kappa shape index (κ2) is 9.44. The van der Waals surface area contributed by atoms with Crippen LogP contribution in [0.25, 0.3) is 11.4 Å². The van der Waals surface area contributed by atoms with E-state index in [0.717, 1.165) is 17.8 Å². The van der Waals surface area contributed by atoms with E-state index >= 15 is 0 Å². The molecule has 0 aliphatic rings. The van der Waals surface area contributed by atoms with E-state index in [4.69, 9.17) is 5.26 Å². The first-order valence-corrected chi connectivity index (χ1v) is 9.20. The summed E-state index contributed by atoms with van der Waals surface area (Å²) in [6.07, 6.45) is 0. The van der Waals surface area contributed by atoms with Crippen molar-refractivity contribution in [3.63, 3.8) is 0 Å². The smallest absolute Gasteiger partial charge is 0.270 e. The van der Waals surface area contributed by atoms with E-state index in [2.05, 4.69) is 26.7 Å². The van der Waals surface area contributed by atoms with Crippen LogP contribution in [0, 0.1) is 11.3 Å². The van der Waals surface area contributed by atoms with E-state index in [1.165, 1.54) is 0 Å². The quantitative estimate of drug-likeness (QED) is 0.648. The molecule has 2 N–H and O–H groups in total. The van der Waals surface area contributed by atoms with Gasteiger partial charge in [0, 0.05) is 30.4 Å². The first-order valence-electron chi connectivity index (χ1n) is 9.20. The van der Waals surface area contributed by atoms with Crippen molar-refractivity contribution in [2.45, 2.75) is 0 Å². The fraction of sp³-hybridized carbons (Fsp3) is 0.182. The lowest BCUT2D eigenvalue weighted by atomic mass is 10.2. The molecule has 29 heavy (non-hydrogen) atoms. The van der Waals surface area contributed by atoms with E-state index in [9.17, 15) is 4.79 Å². The molecule has 0 radical (unpaired) electrons. The Bertz CT molecular complexity index is 1010. The SMILES string of the molecule is CN(C)CCNC(=O)c1cc(Nc2ccc(C#N)cc2)nc(-c2ccccc2)n1. The summed E-state index contributed by atoms with van der Waals surface area (Å²) in [5.41, 5.74) is 2.44. The first-order chi connectivity index (χ1) is 14.0. The maximum atomic E-state index is 12.6. The van der Waals surface area contributed by atoms with Crippen LogP contribution in [0.3, 0.4) is 0 Å². The van der Waals surface area contributed by atoms with Gasteiger partial charge in [0.1, 0.15) is 11.5 Å². The Balaban J connectivity index is 1.89. The average Bonchev–Trinajstić information content (AvgIpc) is 2.74. The zero-order chi connectivity index (χ0) is 20.6. The lowest BCUT2D eigenvalue weighted by molar-refractivity contribution is 0.0946. The predicted molar refractivity (Wildman–Crippen MR) is 113 cm³/mol. The average molecular weight is 386 g/mol. The molecule has 1 amide bonds. The molecular weight excluding hydrogens is 364 g/mol. The van der Waals surface area contributed by atoms with Crippen LogP contribution in [0.2, 0.25) is 0 Å². The van der Waals surface area contributed by atoms with Gasteiger partial charge in [0.2, 0.25) is 0 Å². The molecule has 7 heteroatoms. The van der Waals surface area contributed by atoms with Crippen molar-refractivity contribution >= 4 is 17.4 Å². The summed E-state index contributed by atoms with van der Waals surface area (Å²) in [6.45, 7) is 1.26. The van der Waals surface area contributed by atoms with Gasteiger partial charge in [-0.25, -0.2) is 9.97 Å². The molecule has 0 saturated carbocycles. The molecule has 7 nitrogen and oxygen atoms in total. The van der Waals surface area contributed by atoms with Crippen molar-refractivity contribution in [1.82, 2.24) is 20.2 Å². The zero-order valence-corrected chi connectivity index (χ0v) is 16.4. The number of likely N-dealkylation sites (N-methyl/N-ethyl adjacent to an activating group) is 1. The summed E-state index contributed by atoms with van der Waals surface area (Å²) in [4.78, 5) is 23.6. The monoisotopic (exact) mass is 386 g/mol. The topological polar surface area (TPSA) is 93.9 Å². The van der Waals surface area contributed by atoms with Crippen molar-refractivity contribution < 1.29 is 4.79 Å². The van der Waals surface area contributed by atoms with Crippen LogP contribution in [0.5, 0.6) is 0 Å². The minimum absolute atomic E-state index is 0.255. The third-order valence-corrected chi connectivity index (χ3v) is 4.12. The highest BCUT2D eigenvalue weighted by Gasteiger charge is 2.13. The van der Waals surface area contributed by atoms with E-state index in [1.54, 1.807) is 30.3 Å². The first kappa shape index (κ1) is 20.0. The number of hydrogen-bond acceptors (Lipinski definition) is 6. The fourth-order valence-electron chi connectivity index (χ4n) is 2.60. The second-order valence-corrected chi connectivity index (χ2v) is 6.70. The maximum Gasteiger partial charge on any atom is 0.270 e. The minimum atomic E-state index is -0.255. The highest BCUT2D eigenvalue weighted by molar-refractivity contribution is 5.93. The van der Waals surface area contributed by atoms with Crippen molar-refractivity contribution in [3.05, 3.63) is 71.9 Å². The number of carbonyl (C=O) groups is 1. The van der Waals surface area contributed by atoms with E-state index in [1.807, 2.05) is 49.3 Å². The van der Waals surface area contributed by atoms with Crippen LogP contribution in [-0.2, 0) is 0 Å². The standard InChI is InChI=1S/C22H22N6O/c1-28(2)13-12-24-22(29)19-14-20(25-18-10-8-16(15-23)9-11-18)27-21(26-19)17-6-4-3-5-7-17/h3-11,14H,12-13H2,1-2H3,(H,24,29)(H,25,26,27). The minimum Gasteiger partial charge on any atom is -0.349 e. The molecule has 3 aromatic rings. The fourth-order valence-corrected chi connectivity index (χ4v) is 2.60. The molecule has 0 spiro atoms. The number of rotatable bonds is 7. The highest BCUT2D eigenvalue weighted by atomic mass is 16.1. The molecule has 0 saturated heterocycles. The zero-order valence-electron chi connectivity index (χ0n) is 16.4. The van der Waals surface area contributed by atoms with Crippen molar-refractivity contribution in [2.75, 3.05) is 32.5 Å². The molecule has 0 aliphatic carbocycles. The molecular formula is C22H22N6O. The second-order valence-electron chi connectivity index (χ2n) is 6.70. The summed E-state index contributed by atoms with van der Waals surface area (Å²) < 4.78 is 0. The third-order valence-electron chi connectivity index (χ3n) is 4.12. The Labute approximate surface area is 170 Å². The van der Waals surface area contributed by atoms with Gasteiger partial charge in [-0.15, -0.1) is 0 Å². The number of nitrogens with zero attached hydrogens (tertiary/aromatic N) is 4. The van der Waals surface area contributed by atoms with Crippen LogP contribution >= 0.6 is 0 Å². The normalized spacial score (nSPS) is 10.4. The van der Waals surface area contributed by atoms with Gasteiger partial charge in [-0.3, -0.25) is 4.79 Å². The molecule has 0 atom stereocenters. The van der Waals surface area contributed by atoms with Crippen LogP contribution in [0.15, 0.2) is 60.7 Å². The van der Waals surface area contributed by atoms with Gasteiger partial charge >= 0.3 is 0 Å². The van der Waals surface area contributed by atoms with Gasteiger partial charge in [0.25, 0.3) is 5.91 Å². The van der Waals surface area contributed by atoms with Crippen molar-refractivity contribution in [2.24, 2.45) is 0 Å². The maximum absolute atomic E-state index is 12.6. The molecule has 1 aromatic heterocycles. The number of benzene rings is 2. The Morgan fingerprint density at radius 2 is 1.79 bits per heavy atom. The predicted octanol–water partition coefficient (Wildman–Crippen LogP) is 3.05. The van der Waals surface area contributed by atoms with Gasteiger partial charge in [-0.1, -0.05) is 30.3 Å². The summed E-state index contributed by atoms with van der Waals surface area (Å²) in [6, 6.07) is 20.2. The summed E-state index contributed by atoms with van der Waals surface area (Å²) in [7, 11) is 3.90. The van der Waals surface area contributed by atoms with E-state index < -0.39 is 0 Å². The lowest BCUT2D eigenvalue weighted by Crippen LogP contribution is -2.32. The van der Waals surface area contributed by atoms with Crippen LogP contribution in [-0.4, -0.2) is 48.0 Å². The van der Waals surface area contributed by atoms with Gasteiger partial charge in [0.15, 0.2) is 5.82 Å². The van der Waals surface area contributed by atoms with Gasteiger partial charge < -0.3 is 15.5 Å². The summed E-state index contributed by atoms with van der Waals surface area (Å²) in [5, 5.41) is 15.0. The van der Waals surface area contributed by atoms with Crippen molar-refractivity contribution in [1.29, 1.82) is 5.26 Å². The summed E-state index contributed by atoms with van der Waals surface area (Å²) in [5.74, 6) is 0.706. The molecule has 1 heterocycles. The molecule has 0 aliphatic heterocycles.